The van der Waals surface area contributed by atoms with Crippen molar-refractivity contribution in [3.63, 3.8) is 0 Å². The zero-order valence-electron chi connectivity index (χ0n) is 18.9. The molecule has 35 heavy (non-hydrogen) atoms. The second kappa shape index (κ2) is 9.69. The predicted octanol–water partition coefficient (Wildman–Crippen LogP) is 3.85. The summed E-state index contributed by atoms with van der Waals surface area (Å²) in [6.45, 7) is 0.242. The molecule has 2 N–H and O–H groups in total. The molecular formula is C25H22FN3O5S. The zero-order valence-corrected chi connectivity index (χ0v) is 19.8. The van der Waals surface area contributed by atoms with Crippen molar-refractivity contribution in [2.24, 2.45) is 5.14 Å². The number of carbonyl (C=O) groups excluding carboxylic acids is 1. The normalized spacial score (nSPS) is 11.3. The van der Waals surface area contributed by atoms with Gasteiger partial charge in [0.15, 0.2) is 17.3 Å². The number of primary sulfonamides is 1. The molecule has 8 nitrogen and oxygen atoms in total. The minimum absolute atomic E-state index is 0.0455. The fourth-order valence-electron chi connectivity index (χ4n) is 3.74. The number of benzene rings is 3. The summed E-state index contributed by atoms with van der Waals surface area (Å²) in [5, 5.41) is 9.89. The predicted molar refractivity (Wildman–Crippen MR) is 128 cm³/mol. The van der Waals surface area contributed by atoms with Gasteiger partial charge in [-0.3, -0.25) is 4.68 Å². The van der Waals surface area contributed by atoms with E-state index in [-0.39, 0.29) is 22.9 Å². The van der Waals surface area contributed by atoms with E-state index in [4.69, 9.17) is 14.6 Å². The minimum atomic E-state index is -3.90. The third-order valence-electron chi connectivity index (χ3n) is 5.40. The van der Waals surface area contributed by atoms with Crippen molar-refractivity contribution in [2.75, 3.05) is 14.2 Å². The van der Waals surface area contributed by atoms with E-state index in [1.807, 2.05) is 30.3 Å². The van der Waals surface area contributed by atoms with Crippen LogP contribution in [0.3, 0.4) is 0 Å². The summed E-state index contributed by atoms with van der Waals surface area (Å²) in [5.41, 5.74) is 2.54. The summed E-state index contributed by atoms with van der Waals surface area (Å²) in [4.78, 5) is 12.9. The Morgan fingerprint density at radius 1 is 1.00 bits per heavy atom. The molecule has 1 aromatic heterocycles. The monoisotopic (exact) mass is 495 g/mol. The number of methoxy groups -OCH3 is 2. The second-order valence-corrected chi connectivity index (χ2v) is 9.19. The first-order valence-corrected chi connectivity index (χ1v) is 12.0. The summed E-state index contributed by atoms with van der Waals surface area (Å²) in [6.07, 6.45) is 0. The molecule has 0 radical (unpaired) electrons. The van der Waals surface area contributed by atoms with Crippen molar-refractivity contribution in [1.82, 2.24) is 9.78 Å². The van der Waals surface area contributed by atoms with Gasteiger partial charge in [0.1, 0.15) is 5.69 Å². The molecule has 1 heterocycles. The van der Waals surface area contributed by atoms with Crippen molar-refractivity contribution < 1.29 is 27.1 Å². The van der Waals surface area contributed by atoms with Gasteiger partial charge in [-0.1, -0.05) is 48.5 Å². The maximum atomic E-state index is 14.7. The van der Waals surface area contributed by atoms with Crippen molar-refractivity contribution in [1.29, 1.82) is 0 Å². The van der Waals surface area contributed by atoms with Crippen molar-refractivity contribution in [3.05, 3.63) is 89.9 Å². The van der Waals surface area contributed by atoms with Gasteiger partial charge in [0.2, 0.25) is 10.0 Å². The van der Waals surface area contributed by atoms with Crippen molar-refractivity contribution in [2.45, 2.75) is 11.4 Å². The van der Waals surface area contributed by atoms with E-state index in [0.717, 1.165) is 5.56 Å². The topological polar surface area (TPSA) is 114 Å². The van der Waals surface area contributed by atoms with E-state index in [9.17, 15) is 17.6 Å². The number of carbonyl (C=O) groups is 1. The minimum Gasteiger partial charge on any atom is -0.494 e. The lowest BCUT2D eigenvalue weighted by Crippen LogP contribution is -2.13. The summed E-state index contributed by atoms with van der Waals surface area (Å²) in [7, 11) is -1.29. The molecule has 0 fully saturated rings. The van der Waals surface area contributed by atoms with Crippen LogP contribution in [0.15, 0.2) is 77.7 Å². The first kappa shape index (κ1) is 24.1. The van der Waals surface area contributed by atoms with Gasteiger partial charge in [-0.25, -0.2) is 22.7 Å². The van der Waals surface area contributed by atoms with E-state index in [2.05, 4.69) is 5.10 Å². The highest BCUT2D eigenvalue weighted by atomic mass is 32.2. The van der Waals surface area contributed by atoms with Crippen LogP contribution in [0.2, 0.25) is 0 Å². The Labute approximate surface area is 201 Å². The highest BCUT2D eigenvalue weighted by molar-refractivity contribution is 7.89. The van der Waals surface area contributed by atoms with Crippen molar-refractivity contribution >= 4 is 16.0 Å². The standard InChI is InChI=1S/C25H22FN3O5S/c1-33-21-13-10-18(14-20(21)26)22-23(17-8-11-19(12-9-17)35(27,31)32)28-29(24(22)25(30)34-2)15-16-6-4-3-5-7-16/h3-14H,15H2,1-2H3,(H2,27,31,32). The maximum Gasteiger partial charge on any atom is 0.357 e. The Kier molecular flexibility index (Phi) is 6.68. The molecule has 0 spiro atoms. The average Bonchev–Trinajstić information content (AvgIpc) is 3.22. The fourth-order valence-corrected chi connectivity index (χ4v) is 4.25. The van der Waals surface area contributed by atoms with Crippen LogP contribution in [-0.2, 0) is 21.3 Å². The van der Waals surface area contributed by atoms with Gasteiger partial charge in [0.25, 0.3) is 0 Å². The fraction of sp³-hybridized carbons (Fsp3) is 0.120. The molecule has 0 aliphatic carbocycles. The SMILES string of the molecule is COC(=O)c1c(-c2ccc(OC)c(F)c2)c(-c2ccc(S(N)(=O)=O)cc2)nn1Cc1ccccc1. The molecule has 0 unspecified atom stereocenters. The Hall–Kier alpha value is -4.02. The smallest absolute Gasteiger partial charge is 0.357 e. The quantitative estimate of drug-likeness (QED) is 0.390. The van der Waals surface area contributed by atoms with Crippen molar-refractivity contribution in [3.8, 4) is 28.1 Å². The summed E-state index contributed by atoms with van der Waals surface area (Å²) in [6, 6.07) is 19.4. The summed E-state index contributed by atoms with van der Waals surface area (Å²) >= 11 is 0. The molecule has 4 rings (SSSR count). The van der Waals surface area contributed by atoms with Crippen LogP contribution in [0, 0.1) is 5.82 Å². The molecule has 0 atom stereocenters. The highest BCUT2D eigenvalue weighted by Crippen LogP contribution is 2.37. The number of halogens is 1. The second-order valence-electron chi connectivity index (χ2n) is 7.63. The van der Waals surface area contributed by atoms with Crippen LogP contribution in [0.5, 0.6) is 5.75 Å². The number of hydrogen-bond donors (Lipinski definition) is 1. The Morgan fingerprint density at radius 2 is 1.66 bits per heavy atom. The Morgan fingerprint density at radius 3 is 2.23 bits per heavy atom. The van der Waals surface area contributed by atoms with Crippen LogP contribution < -0.4 is 9.88 Å². The number of rotatable bonds is 7. The molecule has 0 aliphatic heterocycles. The number of ether oxygens (including phenoxy) is 2. The van der Waals surface area contributed by atoms with Crippen LogP contribution >= 0.6 is 0 Å². The summed E-state index contributed by atoms with van der Waals surface area (Å²) in [5.74, 6) is -1.23. The molecule has 0 saturated carbocycles. The first-order chi connectivity index (χ1) is 16.7. The molecule has 4 aromatic rings. The van der Waals surface area contributed by atoms with Crippen LogP contribution in [0.1, 0.15) is 16.1 Å². The van der Waals surface area contributed by atoms with Gasteiger partial charge in [0, 0.05) is 11.1 Å². The van der Waals surface area contributed by atoms with E-state index in [0.29, 0.717) is 22.4 Å². The third-order valence-corrected chi connectivity index (χ3v) is 6.33. The lowest BCUT2D eigenvalue weighted by atomic mass is 9.98. The number of nitrogens with zero attached hydrogens (tertiary/aromatic N) is 2. The number of sulfonamides is 1. The number of nitrogens with two attached hydrogens (primary N) is 1. The van der Waals surface area contributed by atoms with E-state index >= 15 is 0 Å². The van der Waals surface area contributed by atoms with E-state index in [1.165, 1.54) is 55.3 Å². The lowest BCUT2D eigenvalue weighted by Gasteiger charge is -2.10. The number of aromatic nitrogens is 2. The van der Waals surface area contributed by atoms with Crippen LogP contribution in [0.4, 0.5) is 4.39 Å². The van der Waals surface area contributed by atoms with Crippen LogP contribution in [-0.4, -0.2) is 38.4 Å². The number of esters is 1. The van der Waals surface area contributed by atoms with Gasteiger partial charge >= 0.3 is 5.97 Å². The van der Waals surface area contributed by atoms with Gasteiger partial charge in [0.05, 0.1) is 25.7 Å². The van der Waals surface area contributed by atoms with Gasteiger partial charge < -0.3 is 9.47 Å². The molecule has 10 heteroatoms. The summed E-state index contributed by atoms with van der Waals surface area (Å²) < 4.78 is 49.6. The van der Waals surface area contributed by atoms with Crippen LogP contribution in [0.25, 0.3) is 22.4 Å². The molecule has 0 aliphatic rings. The number of hydrogen-bond acceptors (Lipinski definition) is 6. The molecule has 3 aromatic carbocycles. The molecule has 0 bridgehead atoms. The van der Waals surface area contributed by atoms with Gasteiger partial charge in [-0.2, -0.15) is 5.10 Å². The first-order valence-electron chi connectivity index (χ1n) is 10.4. The van der Waals surface area contributed by atoms with E-state index in [1.54, 1.807) is 6.07 Å². The Bertz CT molecular complexity index is 1480. The molecule has 180 valence electrons. The lowest BCUT2D eigenvalue weighted by molar-refractivity contribution is 0.0588. The maximum absolute atomic E-state index is 14.7. The van der Waals surface area contributed by atoms with E-state index < -0.39 is 21.8 Å². The molecule has 0 saturated heterocycles. The van der Waals surface area contributed by atoms with Gasteiger partial charge in [-0.15, -0.1) is 0 Å². The highest BCUT2D eigenvalue weighted by Gasteiger charge is 2.27. The average molecular weight is 496 g/mol. The molecule has 0 amide bonds. The van der Waals surface area contributed by atoms with Gasteiger partial charge in [-0.05, 0) is 35.4 Å². The largest absolute Gasteiger partial charge is 0.494 e. The zero-order chi connectivity index (χ0) is 25.2. The Balaban J connectivity index is 1.98. The third kappa shape index (κ3) is 4.93. The molecular weight excluding hydrogens is 473 g/mol.